The van der Waals surface area contributed by atoms with Crippen molar-refractivity contribution >= 4 is 35.3 Å². The van der Waals surface area contributed by atoms with Crippen molar-refractivity contribution in [2.24, 2.45) is 0 Å². The van der Waals surface area contributed by atoms with Crippen LogP contribution in [0.15, 0.2) is 42.5 Å². The highest BCUT2D eigenvalue weighted by Crippen LogP contribution is 2.35. The average molecular weight is 682 g/mol. The van der Waals surface area contributed by atoms with Gasteiger partial charge in [0.15, 0.2) is 22.8 Å². The molecule has 4 N–H and O–H groups in total. The first-order valence-electron chi connectivity index (χ1n) is 18.1. The zero-order chi connectivity index (χ0) is 34.2. The van der Waals surface area contributed by atoms with Gasteiger partial charge in [0.2, 0.25) is 0 Å². The van der Waals surface area contributed by atoms with Gasteiger partial charge < -0.3 is 29.6 Å². The monoisotopic (exact) mass is 681 g/mol. The van der Waals surface area contributed by atoms with E-state index < -0.39 is 13.9 Å². The lowest BCUT2D eigenvalue weighted by Crippen LogP contribution is -2.13. The fraction of sp³-hybridized carbons (Fsp3) is 0.595. The summed E-state index contributed by atoms with van der Waals surface area (Å²) in [6, 6.07) is 14.1. The molecule has 2 aromatic carbocycles. The lowest BCUT2D eigenvalue weighted by molar-refractivity contribution is 0.0416. The molecule has 0 amide bonds. The molecule has 0 aliphatic carbocycles. The standard InChI is InChI=1S/C37H56N5O5P/c1-3-5-6-7-8-9-10-11-12-13-14-15-16-19-26-47-32(4-2)35-40-34(38)33-37(41-35)42(25-27-46-28-48(43,44)45)36(39-33)31-24-20-22-29-21-17-18-23-30(29)31/h17-18,20-24,32H,3-16,19,25-28H2,1-2H3,(H2,38,40,41)(H2,43,44,45). The normalized spacial score (nSPS) is 12.8. The maximum atomic E-state index is 11.4. The van der Waals surface area contributed by atoms with Gasteiger partial charge in [0, 0.05) is 18.7 Å². The first-order chi connectivity index (χ1) is 23.3. The van der Waals surface area contributed by atoms with E-state index in [1.165, 1.54) is 77.0 Å². The van der Waals surface area contributed by atoms with Gasteiger partial charge in [-0.25, -0.2) is 15.0 Å². The molecule has 48 heavy (non-hydrogen) atoms. The van der Waals surface area contributed by atoms with Gasteiger partial charge in [-0.1, -0.05) is 140 Å². The molecule has 2 heterocycles. The van der Waals surface area contributed by atoms with Crippen LogP contribution < -0.4 is 5.73 Å². The van der Waals surface area contributed by atoms with Gasteiger partial charge in [-0.15, -0.1) is 0 Å². The van der Waals surface area contributed by atoms with Crippen molar-refractivity contribution in [2.45, 2.75) is 123 Å². The first-order valence-corrected chi connectivity index (χ1v) is 19.9. The Labute approximate surface area is 286 Å². The van der Waals surface area contributed by atoms with E-state index in [-0.39, 0.29) is 25.1 Å². The van der Waals surface area contributed by atoms with E-state index >= 15 is 0 Å². The molecule has 4 rings (SSSR count). The van der Waals surface area contributed by atoms with E-state index in [9.17, 15) is 14.4 Å². The number of imidazole rings is 1. The van der Waals surface area contributed by atoms with E-state index in [1.807, 2.05) is 54.0 Å². The maximum Gasteiger partial charge on any atom is 0.350 e. The average Bonchev–Trinajstić information content (AvgIpc) is 3.44. The lowest BCUT2D eigenvalue weighted by atomic mass is 10.0. The second-order valence-corrected chi connectivity index (χ2v) is 14.4. The molecule has 1 unspecified atom stereocenters. The quantitative estimate of drug-likeness (QED) is 0.0486. The smallest absolute Gasteiger partial charge is 0.350 e. The van der Waals surface area contributed by atoms with Crippen LogP contribution in [0.4, 0.5) is 5.82 Å². The Morgan fingerprint density at radius 2 is 1.42 bits per heavy atom. The predicted octanol–water partition coefficient (Wildman–Crippen LogP) is 9.33. The number of nitrogens with zero attached hydrogens (tertiary/aromatic N) is 4. The summed E-state index contributed by atoms with van der Waals surface area (Å²) in [5.41, 5.74) is 8.41. The van der Waals surface area contributed by atoms with Gasteiger partial charge in [-0.05, 0) is 23.6 Å². The van der Waals surface area contributed by atoms with Gasteiger partial charge in [0.05, 0.1) is 6.61 Å². The molecule has 10 nitrogen and oxygen atoms in total. The molecule has 11 heteroatoms. The Kier molecular flexibility index (Phi) is 15.8. The van der Waals surface area contributed by atoms with Gasteiger partial charge in [0.1, 0.15) is 18.3 Å². The van der Waals surface area contributed by atoms with Crippen molar-refractivity contribution in [3.05, 3.63) is 48.3 Å². The molecule has 0 aliphatic rings. The molecular weight excluding hydrogens is 625 g/mol. The van der Waals surface area contributed by atoms with Gasteiger partial charge >= 0.3 is 7.60 Å². The summed E-state index contributed by atoms with van der Waals surface area (Å²) in [6.45, 7) is 5.27. The Hall–Kier alpha value is -2.88. The van der Waals surface area contributed by atoms with E-state index in [2.05, 4.69) is 11.9 Å². The molecule has 2 aromatic heterocycles. The summed E-state index contributed by atoms with van der Waals surface area (Å²) in [7, 11) is -4.30. The van der Waals surface area contributed by atoms with Crippen LogP contribution in [-0.4, -0.2) is 48.9 Å². The first kappa shape index (κ1) is 37.9. The molecule has 0 saturated heterocycles. The summed E-state index contributed by atoms with van der Waals surface area (Å²) in [5.74, 6) is 1.41. The van der Waals surface area contributed by atoms with Crippen molar-refractivity contribution in [1.29, 1.82) is 0 Å². The van der Waals surface area contributed by atoms with Crippen LogP contribution in [0.2, 0.25) is 0 Å². The summed E-state index contributed by atoms with van der Waals surface area (Å²) in [4.78, 5) is 33.0. The highest BCUT2D eigenvalue weighted by Gasteiger charge is 2.23. The number of nitrogen functional groups attached to an aromatic ring is 1. The zero-order valence-corrected chi connectivity index (χ0v) is 29.9. The zero-order valence-electron chi connectivity index (χ0n) is 29.0. The van der Waals surface area contributed by atoms with Crippen molar-refractivity contribution in [2.75, 3.05) is 25.3 Å². The molecule has 1 atom stereocenters. The molecular formula is C37H56N5O5P. The summed E-state index contributed by atoms with van der Waals surface area (Å²) < 4.78 is 24.9. The number of rotatable bonds is 24. The van der Waals surface area contributed by atoms with Crippen LogP contribution in [0.3, 0.4) is 0 Å². The van der Waals surface area contributed by atoms with Gasteiger partial charge in [-0.2, -0.15) is 0 Å². The van der Waals surface area contributed by atoms with Crippen LogP contribution in [0, 0.1) is 0 Å². The minimum Gasteiger partial charge on any atom is -0.382 e. The third-order valence-electron chi connectivity index (χ3n) is 8.86. The van der Waals surface area contributed by atoms with Crippen molar-refractivity contribution in [1.82, 2.24) is 19.5 Å². The van der Waals surface area contributed by atoms with Crippen LogP contribution in [-0.2, 0) is 20.6 Å². The second kappa shape index (κ2) is 20.0. The molecule has 4 aromatic rings. The lowest BCUT2D eigenvalue weighted by Gasteiger charge is -2.16. The van der Waals surface area contributed by atoms with E-state index in [1.54, 1.807) is 0 Å². The van der Waals surface area contributed by atoms with E-state index in [0.717, 1.165) is 29.2 Å². The SMILES string of the molecule is CCCCCCCCCCCCCCCCOC(CC)c1nc(N)c2nc(-c3cccc4ccccc34)n(CCOCP(=O)(O)O)c2n1. The number of anilines is 1. The minimum atomic E-state index is -4.30. The fourth-order valence-electron chi connectivity index (χ4n) is 6.26. The number of hydrogen-bond donors (Lipinski definition) is 3. The number of ether oxygens (including phenoxy) is 2. The largest absolute Gasteiger partial charge is 0.382 e. The molecule has 0 bridgehead atoms. The Morgan fingerprint density at radius 3 is 2.06 bits per heavy atom. The van der Waals surface area contributed by atoms with Crippen LogP contribution >= 0.6 is 7.60 Å². The highest BCUT2D eigenvalue weighted by atomic mass is 31.2. The number of hydrogen-bond acceptors (Lipinski definition) is 7. The number of fused-ring (bicyclic) bond motifs is 2. The Balaban J connectivity index is 1.36. The van der Waals surface area contributed by atoms with Crippen molar-refractivity contribution < 1.29 is 23.8 Å². The number of nitrogens with two attached hydrogens (primary N) is 1. The van der Waals surface area contributed by atoms with Crippen LogP contribution in [0.1, 0.15) is 122 Å². The topological polar surface area (TPSA) is 146 Å². The predicted molar refractivity (Wildman–Crippen MR) is 195 cm³/mol. The third-order valence-corrected chi connectivity index (χ3v) is 9.38. The van der Waals surface area contributed by atoms with Crippen molar-refractivity contribution in [3.8, 4) is 11.4 Å². The van der Waals surface area contributed by atoms with E-state index in [0.29, 0.717) is 35.8 Å². The van der Waals surface area contributed by atoms with Gasteiger partial charge in [0.25, 0.3) is 0 Å². The van der Waals surface area contributed by atoms with Gasteiger partial charge in [-0.3, -0.25) is 4.57 Å². The summed E-state index contributed by atoms with van der Waals surface area (Å²) >= 11 is 0. The van der Waals surface area contributed by atoms with Crippen molar-refractivity contribution in [3.63, 3.8) is 0 Å². The maximum absolute atomic E-state index is 11.4. The molecule has 0 aliphatic heterocycles. The molecule has 0 saturated carbocycles. The van der Waals surface area contributed by atoms with E-state index in [4.69, 9.17) is 25.2 Å². The third kappa shape index (κ3) is 11.6. The minimum absolute atomic E-state index is 0.0560. The molecule has 0 radical (unpaired) electrons. The number of aromatic nitrogens is 4. The molecule has 264 valence electrons. The number of benzene rings is 2. The van der Waals surface area contributed by atoms with Crippen LogP contribution in [0.5, 0.6) is 0 Å². The van der Waals surface area contributed by atoms with Crippen LogP contribution in [0.25, 0.3) is 33.3 Å². The Morgan fingerprint density at radius 1 is 0.792 bits per heavy atom. The highest BCUT2D eigenvalue weighted by molar-refractivity contribution is 7.51. The Bertz CT molecular complexity index is 1580. The second-order valence-electron chi connectivity index (χ2n) is 12.8. The number of unbranched alkanes of at least 4 members (excludes halogenated alkanes) is 13. The summed E-state index contributed by atoms with van der Waals surface area (Å²) in [6.07, 6.45) is 18.1. The summed E-state index contributed by atoms with van der Waals surface area (Å²) in [5, 5.41) is 2.08. The molecule has 0 spiro atoms. The molecule has 0 fully saturated rings. The fourth-order valence-corrected chi connectivity index (χ4v) is 6.62.